The Kier molecular flexibility index (Phi) is 6.57. The Morgan fingerprint density at radius 3 is 2.67 bits per heavy atom. The molecule has 2 aromatic carbocycles. The lowest BCUT2D eigenvalue weighted by atomic mass is 9.89. The second kappa shape index (κ2) is 8.97. The van der Waals surface area contributed by atoms with Gasteiger partial charge in [0.2, 0.25) is 10.0 Å². The second-order valence-corrected chi connectivity index (χ2v) is 8.60. The van der Waals surface area contributed by atoms with E-state index >= 15 is 0 Å². The summed E-state index contributed by atoms with van der Waals surface area (Å²) in [5.41, 5.74) is 2.00. The number of benzene rings is 2. The molecule has 0 saturated heterocycles. The molecule has 2 aromatic rings. The van der Waals surface area contributed by atoms with Crippen LogP contribution in [0.1, 0.15) is 42.9 Å². The van der Waals surface area contributed by atoms with Gasteiger partial charge in [-0.15, -0.1) is 0 Å². The number of rotatable bonds is 9. The zero-order chi connectivity index (χ0) is 21.9. The van der Waals surface area contributed by atoms with Crippen LogP contribution < -0.4 is 14.6 Å². The average molecular weight is 441 g/mol. The lowest BCUT2D eigenvalue weighted by molar-refractivity contribution is -0.137. The number of carboxylic acids is 1. The van der Waals surface area contributed by atoms with Crippen LogP contribution in [0, 0.1) is 0 Å². The minimum atomic E-state index is -3.77. The van der Waals surface area contributed by atoms with E-state index < -0.39 is 28.7 Å². The molecule has 0 saturated carbocycles. The number of carbonyl (C=O) groups is 1. The zero-order valence-corrected chi connectivity index (χ0v) is 16.7. The highest BCUT2D eigenvalue weighted by Crippen LogP contribution is 2.49. The first-order chi connectivity index (χ1) is 14.1. The van der Waals surface area contributed by atoms with E-state index in [2.05, 4.69) is 4.74 Å². The van der Waals surface area contributed by atoms with E-state index in [1.54, 1.807) is 30.3 Å². The van der Waals surface area contributed by atoms with Gasteiger partial charge in [-0.2, -0.15) is 8.78 Å². The minimum Gasteiger partial charge on any atom is -0.485 e. The molecular formula is C20H21F2NO6S. The van der Waals surface area contributed by atoms with Crippen LogP contribution in [0.5, 0.6) is 11.5 Å². The van der Waals surface area contributed by atoms with Crippen LogP contribution in [-0.2, 0) is 20.6 Å². The summed E-state index contributed by atoms with van der Waals surface area (Å²) in [6, 6.07) is 9.42. The fourth-order valence-corrected chi connectivity index (χ4v) is 4.18. The number of hydrogen-bond acceptors (Lipinski definition) is 5. The number of carboxylic acid groups (broad SMARTS) is 1. The van der Waals surface area contributed by atoms with Crippen molar-refractivity contribution in [2.45, 2.75) is 44.2 Å². The molecule has 1 unspecified atom stereocenters. The number of unbranched alkanes of at least 4 members (excludes halogenated alkanes) is 1. The molecule has 30 heavy (non-hydrogen) atoms. The topological polar surface area (TPSA) is 116 Å². The molecule has 0 fully saturated rings. The number of primary sulfonamides is 1. The highest BCUT2D eigenvalue weighted by atomic mass is 32.2. The molecule has 1 aliphatic heterocycles. The van der Waals surface area contributed by atoms with Gasteiger partial charge in [0.05, 0.1) is 11.3 Å². The number of nitrogens with two attached hydrogens (primary N) is 1. The highest BCUT2D eigenvalue weighted by molar-refractivity contribution is 7.88. The van der Waals surface area contributed by atoms with Crippen LogP contribution in [0.3, 0.4) is 0 Å². The third kappa shape index (κ3) is 5.45. The zero-order valence-electron chi connectivity index (χ0n) is 15.9. The number of sulfonamides is 1. The first kappa shape index (κ1) is 22.0. The van der Waals surface area contributed by atoms with Crippen molar-refractivity contribution in [1.29, 1.82) is 0 Å². The number of ether oxygens (including phenoxy) is 2. The Labute approximate surface area is 172 Å². The Morgan fingerprint density at radius 2 is 2.00 bits per heavy atom. The van der Waals surface area contributed by atoms with Crippen molar-refractivity contribution in [3.05, 3.63) is 47.5 Å². The molecule has 1 aliphatic rings. The van der Waals surface area contributed by atoms with Gasteiger partial charge in [-0.1, -0.05) is 24.3 Å². The average Bonchev–Trinajstić information content (AvgIpc) is 2.63. The third-order valence-corrected chi connectivity index (χ3v) is 5.42. The SMILES string of the molecule is NS(=O)(=O)Cc1ccc2c(c1)C(CCCCC(=O)O)Oc1cccc(OC(F)F)c1-2. The maximum Gasteiger partial charge on any atom is 0.387 e. The summed E-state index contributed by atoms with van der Waals surface area (Å²) >= 11 is 0. The van der Waals surface area contributed by atoms with Crippen molar-refractivity contribution in [2.75, 3.05) is 0 Å². The fourth-order valence-electron chi connectivity index (χ4n) is 3.53. The normalized spacial score (nSPS) is 15.3. The van der Waals surface area contributed by atoms with Crippen LogP contribution in [0.2, 0.25) is 0 Å². The van der Waals surface area contributed by atoms with Crippen molar-refractivity contribution >= 4 is 16.0 Å². The number of fused-ring (bicyclic) bond motifs is 3. The minimum absolute atomic E-state index is 0.0218. The number of hydrogen-bond donors (Lipinski definition) is 2. The fraction of sp³-hybridized carbons (Fsp3) is 0.350. The molecule has 0 aromatic heterocycles. The van der Waals surface area contributed by atoms with Crippen molar-refractivity contribution in [3.8, 4) is 22.6 Å². The van der Waals surface area contributed by atoms with Gasteiger partial charge >= 0.3 is 12.6 Å². The molecule has 10 heteroatoms. The Morgan fingerprint density at radius 1 is 1.23 bits per heavy atom. The van der Waals surface area contributed by atoms with Gasteiger partial charge in [0, 0.05) is 12.0 Å². The molecule has 0 aliphatic carbocycles. The molecule has 7 nitrogen and oxygen atoms in total. The summed E-state index contributed by atoms with van der Waals surface area (Å²) in [7, 11) is -3.77. The first-order valence-electron chi connectivity index (χ1n) is 9.24. The molecular weight excluding hydrogens is 420 g/mol. The van der Waals surface area contributed by atoms with Gasteiger partial charge in [-0.3, -0.25) is 4.79 Å². The summed E-state index contributed by atoms with van der Waals surface area (Å²) in [6.07, 6.45) is 0.997. The quantitative estimate of drug-likeness (QED) is 0.572. The highest BCUT2D eigenvalue weighted by Gasteiger charge is 2.29. The molecule has 1 heterocycles. The van der Waals surface area contributed by atoms with E-state index in [1.807, 2.05) is 0 Å². The second-order valence-electron chi connectivity index (χ2n) is 6.98. The van der Waals surface area contributed by atoms with Gasteiger partial charge in [0.1, 0.15) is 17.6 Å². The summed E-state index contributed by atoms with van der Waals surface area (Å²) < 4.78 is 59.4. The largest absolute Gasteiger partial charge is 0.485 e. The van der Waals surface area contributed by atoms with Gasteiger partial charge in [0.25, 0.3) is 0 Å². The predicted molar refractivity (Wildman–Crippen MR) is 105 cm³/mol. The first-order valence-corrected chi connectivity index (χ1v) is 11.0. The van der Waals surface area contributed by atoms with Crippen molar-refractivity contribution in [1.82, 2.24) is 0 Å². The van der Waals surface area contributed by atoms with Crippen molar-refractivity contribution in [2.24, 2.45) is 5.14 Å². The summed E-state index contributed by atoms with van der Waals surface area (Å²) in [5, 5.41) is 14.0. The number of aliphatic carboxylic acids is 1. The van der Waals surface area contributed by atoms with Crippen LogP contribution >= 0.6 is 0 Å². The van der Waals surface area contributed by atoms with Crippen LogP contribution in [0.15, 0.2) is 36.4 Å². The maximum atomic E-state index is 12.9. The Bertz CT molecular complexity index is 1040. The third-order valence-electron chi connectivity index (χ3n) is 4.68. The van der Waals surface area contributed by atoms with E-state index in [1.165, 1.54) is 6.07 Å². The summed E-state index contributed by atoms with van der Waals surface area (Å²) in [4.78, 5) is 10.7. The van der Waals surface area contributed by atoms with E-state index in [0.717, 1.165) is 0 Å². The number of halogens is 2. The summed E-state index contributed by atoms with van der Waals surface area (Å²) in [6.45, 7) is -3.02. The molecule has 0 spiro atoms. The standard InChI is InChI=1S/C20H21F2NO6S/c21-20(22)29-17-6-3-5-16-19(17)13-9-8-12(11-30(23,26)27)10-14(13)15(28-16)4-1-2-7-18(24)25/h3,5-6,8-10,15,20H,1-2,4,7,11H2,(H,24,25)(H2,23,26,27). The van der Waals surface area contributed by atoms with E-state index in [0.29, 0.717) is 47.3 Å². The maximum absolute atomic E-state index is 12.9. The van der Waals surface area contributed by atoms with Crippen LogP contribution in [0.4, 0.5) is 8.78 Å². The van der Waals surface area contributed by atoms with Gasteiger partial charge in [0.15, 0.2) is 0 Å². The van der Waals surface area contributed by atoms with E-state index in [9.17, 15) is 22.0 Å². The Hall–Kier alpha value is -2.72. The van der Waals surface area contributed by atoms with Crippen molar-refractivity contribution < 1.29 is 36.6 Å². The van der Waals surface area contributed by atoms with E-state index in [-0.39, 0.29) is 17.9 Å². The molecule has 0 amide bonds. The number of alkyl halides is 2. The van der Waals surface area contributed by atoms with Gasteiger partial charge in [-0.05, 0) is 42.5 Å². The lowest BCUT2D eigenvalue weighted by Crippen LogP contribution is -2.18. The lowest BCUT2D eigenvalue weighted by Gasteiger charge is -2.30. The van der Waals surface area contributed by atoms with Crippen LogP contribution in [0.25, 0.3) is 11.1 Å². The molecule has 0 bridgehead atoms. The Balaban J connectivity index is 2.00. The summed E-state index contributed by atoms with van der Waals surface area (Å²) in [5.74, 6) is -0.960. The molecule has 162 valence electrons. The molecule has 1 atom stereocenters. The molecule has 3 N–H and O–H groups in total. The molecule has 0 radical (unpaired) electrons. The van der Waals surface area contributed by atoms with Gasteiger partial charge in [-0.25, -0.2) is 13.6 Å². The van der Waals surface area contributed by atoms with Crippen LogP contribution in [-0.4, -0.2) is 26.1 Å². The smallest absolute Gasteiger partial charge is 0.387 e. The monoisotopic (exact) mass is 441 g/mol. The molecule has 3 rings (SSSR count). The van der Waals surface area contributed by atoms with Crippen molar-refractivity contribution in [3.63, 3.8) is 0 Å². The van der Waals surface area contributed by atoms with Gasteiger partial charge < -0.3 is 14.6 Å². The predicted octanol–water partition coefficient (Wildman–Crippen LogP) is 3.82. The van der Waals surface area contributed by atoms with E-state index in [4.69, 9.17) is 15.0 Å².